The average molecular weight is 192 g/mol. The van der Waals surface area contributed by atoms with Gasteiger partial charge in [0.2, 0.25) is 0 Å². The van der Waals surface area contributed by atoms with E-state index in [0.29, 0.717) is 32.2 Å². The Labute approximate surface area is 78.5 Å². The standard InChI is InChI=1S/C9H17FO3/c1-9(3-4-10)13-8-7-12-6-5-11-2/h3H,4-8H2,1-2H3/b9-3+. The van der Waals surface area contributed by atoms with Gasteiger partial charge in [-0.1, -0.05) is 0 Å². The molecule has 0 amide bonds. The van der Waals surface area contributed by atoms with Crippen molar-refractivity contribution >= 4 is 0 Å². The predicted octanol–water partition coefficient (Wildman–Crippen LogP) is 1.54. The zero-order valence-electron chi connectivity index (χ0n) is 8.22. The van der Waals surface area contributed by atoms with E-state index in [9.17, 15) is 4.39 Å². The van der Waals surface area contributed by atoms with E-state index in [1.807, 2.05) is 0 Å². The van der Waals surface area contributed by atoms with Crippen molar-refractivity contribution in [3.63, 3.8) is 0 Å². The highest BCUT2D eigenvalue weighted by Gasteiger charge is 1.90. The lowest BCUT2D eigenvalue weighted by atomic mass is 10.5. The summed E-state index contributed by atoms with van der Waals surface area (Å²) < 4.78 is 26.7. The van der Waals surface area contributed by atoms with Gasteiger partial charge in [0, 0.05) is 7.11 Å². The summed E-state index contributed by atoms with van der Waals surface area (Å²) >= 11 is 0. The molecule has 78 valence electrons. The first-order chi connectivity index (χ1) is 6.31. The van der Waals surface area contributed by atoms with Crippen molar-refractivity contribution in [2.45, 2.75) is 6.92 Å². The molecule has 0 rings (SSSR count). The molecule has 0 bridgehead atoms. The van der Waals surface area contributed by atoms with Crippen LogP contribution in [0.3, 0.4) is 0 Å². The zero-order chi connectivity index (χ0) is 9.94. The molecule has 0 atom stereocenters. The van der Waals surface area contributed by atoms with Gasteiger partial charge in [-0.05, 0) is 13.0 Å². The summed E-state index contributed by atoms with van der Waals surface area (Å²) in [7, 11) is 1.62. The van der Waals surface area contributed by atoms with Crippen LogP contribution in [0, 0.1) is 0 Å². The van der Waals surface area contributed by atoms with Gasteiger partial charge in [0.25, 0.3) is 0 Å². The van der Waals surface area contributed by atoms with Crippen LogP contribution in [0.5, 0.6) is 0 Å². The smallest absolute Gasteiger partial charge is 0.111 e. The Morgan fingerprint density at radius 2 is 1.92 bits per heavy atom. The number of allylic oxidation sites excluding steroid dienone is 2. The Kier molecular flexibility index (Phi) is 9.03. The van der Waals surface area contributed by atoms with E-state index >= 15 is 0 Å². The third-order valence-electron chi connectivity index (χ3n) is 1.35. The molecule has 0 saturated carbocycles. The maximum absolute atomic E-state index is 11.7. The van der Waals surface area contributed by atoms with Gasteiger partial charge in [-0.25, -0.2) is 4.39 Å². The molecule has 0 heterocycles. The second kappa shape index (κ2) is 9.48. The number of hydrogen-bond donors (Lipinski definition) is 0. The molecule has 0 aromatic rings. The van der Waals surface area contributed by atoms with Crippen LogP contribution < -0.4 is 0 Å². The fourth-order valence-corrected chi connectivity index (χ4v) is 0.673. The summed E-state index contributed by atoms with van der Waals surface area (Å²) in [4.78, 5) is 0. The number of methoxy groups -OCH3 is 1. The monoisotopic (exact) mass is 192 g/mol. The minimum atomic E-state index is -0.490. The molecular weight excluding hydrogens is 175 g/mol. The Morgan fingerprint density at radius 1 is 1.23 bits per heavy atom. The third kappa shape index (κ3) is 9.30. The van der Waals surface area contributed by atoms with Crippen LogP contribution in [0.15, 0.2) is 11.8 Å². The van der Waals surface area contributed by atoms with Crippen LogP contribution in [-0.4, -0.2) is 40.2 Å². The molecule has 4 heteroatoms. The normalized spacial score (nSPS) is 11.8. The summed E-state index contributed by atoms with van der Waals surface area (Å²) in [6.07, 6.45) is 1.38. The highest BCUT2D eigenvalue weighted by atomic mass is 19.1. The van der Waals surface area contributed by atoms with E-state index in [2.05, 4.69) is 0 Å². The van der Waals surface area contributed by atoms with Gasteiger partial charge in [-0.2, -0.15) is 0 Å². The molecule has 0 spiro atoms. The number of alkyl halides is 1. The van der Waals surface area contributed by atoms with Gasteiger partial charge in [-0.15, -0.1) is 0 Å². The largest absolute Gasteiger partial charge is 0.496 e. The average Bonchev–Trinajstić information content (AvgIpc) is 2.11. The van der Waals surface area contributed by atoms with Crippen molar-refractivity contribution in [1.29, 1.82) is 0 Å². The Hall–Kier alpha value is -0.610. The molecule has 0 saturated heterocycles. The van der Waals surface area contributed by atoms with Gasteiger partial charge in [0.15, 0.2) is 0 Å². The van der Waals surface area contributed by atoms with Crippen molar-refractivity contribution in [2.75, 3.05) is 40.2 Å². The first kappa shape index (κ1) is 12.4. The molecule has 0 N–H and O–H groups in total. The van der Waals surface area contributed by atoms with Crippen molar-refractivity contribution in [1.82, 2.24) is 0 Å². The maximum atomic E-state index is 11.7. The molecule has 0 aliphatic carbocycles. The van der Waals surface area contributed by atoms with Crippen LogP contribution in [0.1, 0.15) is 6.92 Å². The highest BCUT2D eigenvalue weighted by Crippen LogP contribution is 1.94. The van der Waals surface area contributed by atoms with E-state index in [0.717, 1.165) is 0 Å². The first-order valence-electron chi connectivity index (χ1n) is 4.23. The third-order valence-corrected chi connectivity index (χ3v) is 1.35. The maximum Gasteiger partial charge on any atom is 0.111 e. The van der Waals surface area contributed by atoms with Crippen LogP contribution in [0.2, 0.25) is 0 Å². The number of halogens is 1. The summed E-state index contributed by atoms with van der Waals surface area (Å²) in [6, 6.07) is 0. The van der Waals surface area contributed by atoms with E-state index in [4.69, 9.17) is 14.2 Å². The summed E-state index contributed by atoms with van der Waals surface area (Å²) in [5, 5.41) is 0. The molecule has 3 nitrogen and oxygen atoms in total. The van der Waals surface area contributed by atoms with Crippen LogP contribution >= 0.6 is 0 Å². The fraction of sp³-hybridized carbons (Fsp3) is 0.778. The number of ether oxygens (including phenoxy) is 3. The summed E-state index contributed by atoms with van der Waals surface area (Å²) in [6.45, 7) is 3.32. The molecule has 0 unspecified atom stereocenters. The zero-order valence-corrected chi connectivity index (χ0v) is 8.22. The first-order valence-corrected chi connectivity index (χ1v) is 4.23. The summed E-state index contributed by atoms with van der Waals surface area (Å²) in [5.74, 6) is 0.595. The van der Waals surface area contributed by atoms with Gasteiger partial charge in [0.1, 0.15) is 13.3 Å². The van der Waals surface area contributed by atoms with Gasteiger partial charge in [-0.3, -0.25) is 0 Å². The molecule has 0 aromatic carbocycles. The molecular formula is C9H17FO3. The van der Waals surface area contributed by atoms with E-state index < -0.39 is 6.67 Å². The van der Waals surface area contributed by atoms with Gasteiger partial charge >= 0.3 is 0 Å². The van der Waals surface area contributed by atoms with Crippen LogP contribution in [-0.2, 0) is 14.2 Å². The van der Waals surface area contributed by atoms with Crippen molar-refractivity contribution in [3.8, 4) is 0 Å². The molecule has 0 aliphatic rings. The SMILES string of the molecule is COCCOCCO/C(C)=C/CF. The van der Waals surface area contributed by atoms with Crippen molar-refractivity contribution < 1.29 is 18.6 Å². The second-order valence-electron chi connectivity index (χ2n) is 2.42. The van der Waals surface area contributed by atoms with Crippen LogP contribution in [0.25, 0.3) is 0 Å². The van der Waals surface area contributed by atoms with E-state index in [1.54, 1.807) is 14.0 Å². The van der Waals surface area contributed by atoms with Crippen molar-refractivity contribution in [2.24, 2.45) is 0 Å². The topological polar surface area (TPSA) is 27.7 Å². The number of rotatable bonds is 8. The molecule has 0 fully saturated rings. The minimum absolute atomic E-state index is 0.450. The molecule has 13 heavy (non-hydrogen) atoms. The fourth-order valence-electron chi connectivity index (χ4n) is 0.673. The lowest BCUT2D eigenvalue weighted by Crippen LogP contribution is -2.07. The van der Waals surface area contributed by atoms with Crippen LogP contribution in [0.4, 0.5) is 4.39 Å². The van der Waals surface area contributed by atoms with Gasteiger partial charge < -0.3 is 14.2 Å². The second-order valence-corrected chi connectivity index (χ2v) is 2.42. The Bertz CT molecular complexity index is 137. The number of hydrogen-bond acceptors (Lipinski definition) is 3. The van der Waals surface area contributed by atoms with Crippen molar-refractivity contribution in [3.05, 3.63) is 11.8 Å². The molecule has 0 aromatic heterocycles. The molecule has 0 aliphatic heterocycles. The summed E-state index contributed by atoms with van der Waals surface area (Å²) in [5.41, 5.74) is 0. The lowest BCUT2D eigenvalue weighted by Gasteiger charge is -2.06. The van der Waals surface area contributed by atoms with Gasteiger partial charge in [0.05, 0.1) is 25.6 Å². The van der Waals surface area contributed by atoms with E-state index in [1.165, 1.54) is 6.08 Å². The lowest BCUT2D eigenvalue weighted by molar-refractivity contribution is 0.0416. The highest BCUT2D eigenvalue weighted by molar-refractivity contribution is 4.87. The Balaban J connectivity index is 3.11. The predicted molar refractivity (Wildman–Crippen MR) is 48.4 cm³/mol. The Morgan fingerprint density at radius 3 is 2.54 bits per heavy atom. The quantitative estimate of drug-likeness (QED) is 0.431. The van der Waals surface area contributed by atoms with E-state index in [-0.39, 0.29) is 0 Å². The minimum Gasteiger partial charge on any atom is -0.496 e. The molecule has 0 radical (unpaired) electrons.